The standard InChI is InChI=1S/C24H28FN7O3/c1-24(2,3)35-23(33)30-10-8-19(18(25)14-30)27-22-28-21(34-4)20-17(7-12-32(20)29-22)15-6-11-31-16(13-15)5-9-26-31/h5-7,9,11-13,18-19H,8,10,14H2,1-4H3,(H,27,29)/t18-,19+/m0/s1. The predicted octanol–water partition coefficient (Wildman–Crippen LogP) is 3.81. The Kier molecular flexibility index (Phi) is 5.70. The minimum Gasteiger partial charge on any atom is -0.479 e. The number of pyridine rings is 1. The average Bonchev–Trinajstić information content (AvgIpc) is 3.45. The molecule has 1 amide bonds. The van der Waals surface area contributed by atoms with Crippen LogP contribution in [0.2, 0.25) is 0 Å². The van der Waals surface area contributed by atoms with Gasteiger partial charge in [0.2, 0.25) is 11.8 Å². The molecule has 0 saturated carbocycles. The van der Waals surface area contributed by atoms with Gasteiger partial charge in [-0.15, -0.1) is 5.10 Å². The zero-order valence-electron chi connectivity index (χ0n) is 20.1. The van der Waals surface area contributed by atoms with Crippen LogP contribution in [0.4, 0.5) is 15.1 Å². The van der Waals surface area contributed by atoms with E-state index in [0.29, 0.717) is 24.4 Å². The molecule has 1 aliphatic rings. The summed E-state index contributed by atoms with van der Waals surface area (Å²) in [5.41, 5.74) is 2.93. The van der Waals surface area contributed by atoms with E-state index in [1.165, 1.54) is 4.90 Å². The summed E-state index contributed by atoms with van der Waals surface area (Å²) in [5, 5.41) is 11.9. The highest BCUT2D eigenvalue weighted by Crippen LogP contribution is 2.32. The van der Waals surface area contributed by atoms with E-state index in [1.54, 1.807) is 43.1 Å². The van der Waals surface area contributed by atoms with Crippen molar-refractivity contribution in [3.8, 4) is 17.0 Å². The smallest absolute Gasteiger partial charge is 0.410 e. The summed E-state index contributed by atoms with van der Waals surface area (Å²) in [7, 11) is 1.54. The Labute approximate surface area is 201 Å². The van der Waals surface area contributed by atoms with Crippen molar-refractivity contribution in [2.45, 2.75) is 45.0 Å². The second-order valence-electron chi connectivity index (χ2n) is 9.57. The summed E-state index contributed by atoms with van der Waals surface area (Å²) < 4.78 is 29.4. The van der Waals surface area contributed by atoms with Crippen LogP contribution in [-0.2, 0) is 4.74 Å². The number of fused-ring (bicyclic) bond motifs is 2. The lowest BCUT2D eigenvalue weighted by molar-refractivity contribution is 0.0125. The van der Waals surface area contributed by atoms with Crippen LogP contribution in [0.5, 0.6) is 5.88 Å². The molecule has 1 N–H and O–H groups in total. The Morgan fingerprint density at radius 2 is 2.00 bits per heavy atom. The van der Waals surface area contributed by atoms with Gasteiger partial charge in [-0.1, -0.05) is 0 Å². The number of likely N-dealkylation sites (tertiary alicyclic amines) is 1. The van der Waals surface area contributed by atoms with Gasteiger partial charge in [-0.3, -0.25) is 0 Å². The number of carbonyl (C=O) groups is 1. The SMILES string of the molecule is COc1nc(N[C@@H]2CCN(C(=O)OC(C)(C)C)C[C@@H]2F)nn2ccc(-c3ccn4nccc4c3)c12. The molecule has 5 rings (SSSR count). The van der Waals surface area contributed by atoms with E-state index in [2.05, 4.69) is 20.5 Å². The van der Waals surface area contributed by atoms with E-state index in [-0.39, 0.29) is 12.5 Å². The summed E-state index contributed by atoms with van der Waals surface area (Å²) in [6.07, 6.45) is 4.04. The van der Waals surface area contributed by atoms with Crippen molar-refractivity contribution < 1.29 is 18.7 Å². The fourth-order valence-electron chi connectivity index (χ4n) is 4.24. The van der Waals surface area contributed by atoms with Crippen molar-refractivity contribution in [1.29, 1.82) is 0 Å². The number of piperidine rings is 1. The molecule has 10 nitrogen and oxygen atoms in total. The molecular weight excluding hydrogens is 453 g/mol. The third-order valence-corrected chi connectivity index (χ3v) is 5.89. The van der Waals surface area contributed by atoms with E-state index in [0.717, 1.165) is 16.6 Å². The minimum atomic E-state index is -1.30. The van der Waals surface area contributed by atoms with Gasteiger partial charge in [-0.25, -0.2) is 18.2 Å². The average molecular weight is 482 g/mol. The van der Waals surface area contributed by atoms with E-state index in [1.807, 2.05) is 36.7 Å². The minimum absolute atomic E-state index is 0.0588. The third-order valence-electron chi connectivity index (χ3n) is 5.89. The van der Waals surface area contributed by atoms with Gasteiger partial charge in [0.1, 0.15) is 17.3 Å². The molecule has 5 heterocycles. The lowest BCUT2D eigenvalue weighted by atomic mass is 10.0. The van der Waals surface area contributed by atoms with Crippen LogP contribution >= 0.6 is 0 Å². The molecule has 1 fully saturated rings. The van der Waals surface area contributed by atoms with Crippen LogP contribution in [0.1, 0.15) is 27.2 Å². The van der Waals surface area contributed by atoms with Crippen LogP contribution < -0.4 is 10.1 Å². The van der Waals surface area contributed by atoms with Gasteiger partial charge in [0.15, 0.2) is 0 Å². The van der Waals surface area contributed by atoms with Gasteiger partial charge in [-0.05, 0) is 57.0 Å². The largest absolute Gasteiger partial charge is 0.479 e. The molecule has 35 heavy (non-hydrogen) atoms. The molecule has 2 atom stereocenters. The molecule has 11 heteroatoms. The van der Waals surface area contributed by atoms with Gasteiger partial charge in [-0.2, -0.15) is 10.1 Å². The Morgan fingerprint density at radius 3 is 2.74 bits per heavy atom. The molecule has 1 saturated heterocycles. The fraction of sp³-hybridized carbons (Fsp3) is 0.417. The highest BCUT2D eigenvalue weighted by atomic mass is 19.1. The topological polar surface area (TPSA) is 98.3 Å². The molecule has 4 aromatic rings. The first-order chi connectivity index (χ1) is 16.7. The third kappa shape index (κ3) is 4.58. The molecule has 0 bridgehead atoms. The molecule has 0 aliphatic carbocycles. The number of aromatic nitrogens is 5. The van der Waals surface area contributed by atoms with Gasteiger partial charge < -0.3 is 19.7 Å². The van der Waals surface area contributed by atoms with Crippen molar-refractivity contribution in [3.05, 3.63) is 42.9 Å². The van der Waals surface area contributed by atoms with Crippen molar-refractivity contribution >= 4 is 23.1 Å². The van der Waals surface area contributed by atoms with Gasteiger partial charge in [0, 0.05) is 30.7 Å². The molecule has 0 spiro atoms. The van der Waals surface area contributed by atoms with Crippen molar-refractivity contribution in [2.24, 2.45) is 0 Å². The van der Waals surface area contributed by atoms with Crippen LogP contribution in [0.3, 0.4) is 0 Å². The first kappa shape index (κ1) is 22.9. The highest BCUT2D eigenvalue weighted by Gasteiger charge is 2.34. The number of hydrogen-bond donors (Lipinski definition) is 1. The molecular formula is C24H28FN7O3. The quantitative estimate of drug-likeness (QED) is 0.473. The number of nitrogens with zero attached hydrogens (tertiary/aromatic N) is 6. The maximum atomic E-state index is 15.0. The molecule has 1 aliphatic heterocycles. The monoisotopic (exact) mass is 481 g/mol. The second-order valence-corrected chi connectivity index (χ2v) is 9.57. The normalized spacial score (nSPS) is 18.7. The zero-order chi connectivity index (χ0) is 24.7. The number of carbonyl (C=O) groups excluding carboxylic acids is 1. The van der Waals surface area contributed by atoms with E-state index in [4.69, 9.17) is 9.47 Å². The summed E-state index contributed by atoms with van der Waals surface area (Å²) >= 11 is 0. The summed E-state index contributed by atoms with van der Waals surface area (Å²) in [5.74, 6) is 0.624. The number of rotatable bonds is 4. The van der Waals surface area contributed by atoms with Crippen molar-refractivity contribution in [1.82, 2.24) is 29.1 Å². The van der Waals surface area contributed by atoms with Crippen LogP contribution in [0.25, 0.3) is 22.2 Å². The molecule has 0 unspecified atom stereocenters. The van der Waals surface area contributed by atoms with Crippen LogP contribution in [0, 0.1) is 0 Å². The van der Waals surface area contributed by atoms with Gasteiger partial charge in [0.05, 0.1) is 25.2 Å². The van der Waals surface area contributed by atoms with Crippen molar-refractivity contribution in [3.63, 3.8) is 0 Å². The maximum Gasteiger partial charge on any atom is 0.410 e. The Balaban J connectivity index is 1.36. The predicted molar refractivity (Wildman–Crippen MR) is 128 cm³/mol. The number of anilines is 1. The summed E-state index contributed by atoms with van der Waals surface area (Å²) in [4.78, 5) is 18.2. The number of hydrogen-bond acceptors (Lipinski definition) is 7. The van der Waals surface area contributed by atoms with Crippen LogP contribution in [-0.4, -0.2) is 73.2 Å². The lowest BCUT2D eigenvalue weighted by Crippen LogP contribution is -2.51. The van der Waals surface area contributed by atoms with E-state index in [9.17, 15) is 9.18 Å². The molecule has 0 radical (unpaired) electrons. The Morgan fingerprint density at radius 1 is 1.20 bits per heavy atom. The molecule has 4 aromatic heterocycles. The molecule has 184 valence electrons. The van der Waals surface area contributed by atoms with Gasteiger partial charge in [0.25, 0.3) is 0 Å². The Hall–Kier alpha value is -3.89. The first-order valence-electron chi connectivity index (χ1n) is 11.5. The van der Waals surface area contributed by atoms with Crippen LogP contribution in [0.15, 0.2) is 42.9 Å². The van der Waals surface area contributed by atoms with Gasteiger partial charge >= 0.3 is 6.09 Å². The van der Waals surface area contributed by atoms with E-state index < -0.39 is 23.9 Å². The maximum absolute atomic E-state index is 15.0. The summed E-state index contributed by atoms with van der Waals surface area (Å²) in [6.45, 7) is 5.68. The number of alkyl halides is 1. The number of amides is 1. The van der Waals surface area contributed by atoms with E-state index >= 15 is 0 Å². The number of ether oxygens (including phenoxy) is 2. The molecule has 0 aromatic carbocycles. The highest BCUT2D eigenvalue weighted by molar-refractivity contribution is 5.85. The zero-order valence-corrected chi connectivity index (χ0v) is 20.1. The lowest BCUT2D eigenvalue weighted by Gasteiger charge is -2.35. The number of methoxy groups -OCH3 is 1. The summed E-state index contributed by atoms with van der Waals surface area (Å²) in [6, 6.07) is 7.32. The first-order valence-corrected chi connectivity index (χ1v) is 11.5. The fourth-order valence-corrected chi connectivity index (χ4v) is 4.24. The van der Waals surface area contributed by atoms with Crippen molar-refractivity contribution in [2.75, 3.05) is 25.5 Å². The second kappa shape index (κ2) is 8.71. The number of nitrogens with one attached hydrogen (secondary N) is 1. The number of halogens is 1. The Bertz CT molecular complexity index is 1380.